The monoisotopic (exact) mass is 386 g/mol. The summed E-state index contributed by atoms with van der Waals surface area (Å²) in [5.74, 6) is 0.978. The van der Waals surface area contributed by atoms with Gasteiger partial charge in [0.25, 0.3) is 0 Å². The zero-order valence-electron chi connectivity index (χ0n) is 18.4. The Morgan fingerprint density at radius 3 is 2.61 bits per heavy atom. The maximum absolute atomic E-state index is 6.19. The summed E-state index contributed by atoms with van der Waals surface area (Å²) in [6, 6.07) is 4.26. The number of aromatic nitrogens is 1. The summed E-state index contributed by atoms with van der Waals surface area (Å²) in [5, 5.41) is 5.54. The Bertz CT molecular complexity index is 739. The van der Waals surface area contributed by atoms with E-state index in [4.69, 9.17) is 9.26 Å². The van der Waals surface area contributed by atoms with Crippen LogP contribution in [-0.2, 0) is 12.8 Å². The second-order valence-electron chi connectivity index (χ2n) is 9.49. The van der Waals surface area contributed by atoms with Gasteiger partial charge in [0, 0.05) is 10.9 Å². The van der Waals surface area contributed by atoms with E-state index in [1.807, 2.05) is 0 Å². The Kier molecular flexibility index (Phi) is 7.39. The van der Waals surface area contributed by atoms with E-state index in [1.165, 1.54) is 50.9 Å². The van der Waals surface area contributed by atoms with Gasteiger partial charge in [-0.3, -0.25) is 0 Å². The van der Waals surface area contributed by atoms with Crippen molar-refractivity contribution in [1.29, 1.82) is 0 Å². The van der Waals surface area contributed by atoms with Crippen molar-refractivity contribution in [2.45, 2.75) is 79.1 Å². The third-order valence-corrected chi connectivity index (χ3v) is 5.55. The summed E-state index contributed by atoms with van der Waals surface area (Å²) in [6.07, 6.45) is 9.40. The van der Waals surface area contributed by atoms with E-state index in [0.29, 0.717) is 0 Å². The largest absolute Gasteiger partial charge is 0.493 e. The highest BCUT2D eigenvalue weighted by molar-refractivity contribution is 5.84. The molecule has 1 saturated heterocycles. The van der Waals surface area contributed by atoms with Crippen molar-refractivity contribution in [1.82, 2.24) is 10.1 Å². The first-order valence-corrected chi connectivity index (χ1v) is 11.2. The van der Waals surface area contributed by atoms with Gasteiger partial charge in [0.2, 0.25) is 0 Å². The molecule has 156 valence electrons. The second-order valence-corrected chi connectivity index (χ2v) is 9.49. The van der Waals surface area contributed by atoms with Crippen molar-refractivity contribution < 1.29 is 9.26 Å². The van der Waals surface area contributed by atoms with Gasteiger partial charge >= 0.3 is 0 Å². The van der Waals surface area contributed by atoms with Crippen molar-refractivity contribution >= 4 is 11.0 Å². The van der Waals surface area contributed by atoms with E-state index < -0.39 is 0 Å². The highest BCUT2D eigenvalue weighted by atomic mass is 16.5. The maximum Gasteiger partial charge on any atom is 0.174 e. The SMILES string of the molecule is CCCc1c(OCCCCN2CCCCC2)ccc2c(CC(C)(C)C)noc12. The van der Waals surface area contributed by atoms with E-state index >= 15 is 0 Å². The van der Waals surface area contributed by atoms with Crippen LogP contribution in [0.5, 0.6) is 5.75 Å². The number of rotatable bonds is 9. The van der Waals surface area contributed by atoms with Gasteiger partial charge in [-0.2, -0.15) is 0 Å². The van der Waals surface area contributed by atoms with Gasteiger partial charge in [-0.25, -0.2) is 0 Å². The average Bonchev–Trinajstić information content (AvgIpc) is 3.05. The molecule has 0 spiro atoms. The minimum atomic E-state index is 0.193. The molecule has 3 rings (SSSR count). The lowest BCUT2D eigenvalue weighted by atomic mass is 9.89. The first-order chi connectivity index (χ1) is 13.5. The topological polar surface area (TPSA) is 38.5 Å². The zero-order chi connectivity index (χ0) is 20.0. The molecule has 0 saturated carbocycles. The smallest absolute Gasteiger partial charge is 0.174 e. The number of likely N-dealkylation sites (tertiary alicyclic amines) is 1. The first-order valence-electron chi connectivity index (χ1n) is 11.2. The van der Waals surface area contributed by atoms with Crippen LogP contribution < -0.4 is 4.74 Å². The van der Waals surface area contributed by atoms with Crippen molar-refractivity contribution in [3.8, 4) is 5.75 Å². The summed E-state index contributed by atoms with van der Waals surface area (Å²) in [4.78, 5) is 2.60. The molecular formula is C24H38N2O2. The standard InChI is InChI=1S/C24H38N2O2/c1-5-11-20-22(27-17-10-9-16-26-14-7-6-8-15-26)13-12-19-21(18-24(2,3)4)25-28-23(19)20/h12-13H,5-11,14-18H2,1-4H3. The van der Waals surface area contributed by atoms with E-state index in [-0.39, 0.29) is 5.41 Å². The second kappa shape index (κ2) is 9.78. The minimum absolute atomic E-state index is 0.193. The van der Waals surface area contributed by atoms with E-state index in [2.05, 4.69) is 49.9 Å². The van der Waals surface area contributed by atoms with Gasteiger partial charge in [0.15, 0.2) is 5.58 Å². The van der Waals surface area contributed by atoms with Crippen LogP contribution in [-0.4, -0.2) is 36.3 Å². The number of aryl methyl sites for hydroxylation is 1. The Labute approximate surface area is 170 Å². The minimum Gasteiger partial charge on any atom is -0.493 e. The predicted molar refractivity (Wildman–Crippen MR) is 116 cm³/mol. The Morgan fingerprint density at radius 2 is 1.89 bits per heavy atom. The van der Waals surface area contributed by atoms with Crippen LogP contribution in [0, 0.1) is 5.41 Å². The Hall–Kier alpha value is -1.55. The van der Waals surface area contributed by atoms with E-state index in [9.17, 15) is 0 Å². The van der Waals surface area contributed by atoms with Gasteiger partial charge in [-0.1, -0.05) is 45.7 Å². The van der Waals surface area contributed by atoms with E-state index in [0.717, 1.165) is 54.7 Å². The molecule has 2 aromatic rings. The molecule has 4 heteroatoms. The third kappa shape index (κ3) is 5.73. The molecule has 0 bridgehead atoms. The number of hydrogen-bond donors (Lipinski definition) is 0. The van der Waals surface area contributed by atoms with Crippen molar-refractivity contribution in [2.75, 3.05) is 26.2 Å². The van der Waals surface area contributed by atoms with Crippen LogP contribution in [0.2, 0.25) is 0 Å². The molecule has 0 atom stereocenters. The lowest BCUT2D eigenvalue weighted by molar-refractivity contribution is 0.215. The van der Waals surface area contributed by atoms with Crippen LogP contribution in [0.3, 0.4) is 0 Å². The van der Waals surface area contributed by atoms with Crippen LogP contribution in [0.15, 0.2) is 16.7 Å². The van der Waals surface area contributed by atoms with Gasteiger partial charge in [-0.15, -0.1) is 0 Å². The quantitative estimate of drug-likeness (QED) is 0.494. The molecule has 0 radical (unpaired) electrons. The van der Waals surface area contributed by atoms with Crippen LogP contribution in [0.1, 0.15) is 77.5 Å². The number of fused-ring (bicyclic) bond motifs is 1. The molecule has 4 nitrogen and oxygen atoms in total. The van der Waals surface area contributed by atoms with Crippen LogP contribution >= 0.6 is 0 Å². The molecule has 1 aliphatic heterocycles. The molecule has 28 heavy (non-hydrogen) atoms. The highest BCUT2D eigenvalue weighted by Crippen LogP contribution is 2.33. The van der Waals surface area contributed by atoms with Crippen molar-refractivity contribution in [3.05, 3.63) is 23.4 Å². The van der Waals surface area contributed by atoms with Crippen molar-refractivity contribution in [3.63, 3.8) is 0 Å². The number of benzene rings is 1. The summed E-state index contributed by atoms with van der Waals surface area (Å²) < 4.78 is 12.0. The van der Waals surface area contributed by atoms with Gasteiger partial charge < -0.3 is 14.2 Å². The normalized spacial score (nSPS) is 16.0. The van der Waals surface area contributed by atoms with Crippen molar-refractivity contribution in [2.24, 2.45) is 5.41 Å². The maximum atomic E-state index is 6.19. The molecule has 1 aromatic carbocycles. The molecule has 0 N–H and O–H groups in total. The number of ether oxygens (including phenoxy) is 1. The molecule has 0 aliphatic carbocycles. The van der Waals surface area contributed by atoms with Gasteiger partial charge in [-0.05, 0) is 75.7 Å². The van der Waals surface area contributed by atoms with E-state index in [1.54, 1.807) is 0 Å². The molecule has 1 aliphatic rings. The van der Waals surface area contributed by atoms with Crippen LogP contribution in [0.25, 0.3) is 11.0 Å². The number of piperidine rings is 1. The fraction of sp³-hybridized carbons (Fsp3) is 0.708. The highest BCUT2D eigenvalue weighted by Gasteiger charge is 2.20. The number of nitrogens with zero attached hydrogens (tertiary/aromatic N) is 2. The summed E-state index contributed by atoms with van der Waals surface area (Å²) in [6.45, 7) is 13.5. The van der Waals surface area contributed by atoms with Gasteiger partial charge in [0.1, 0.15) is 5.75 Å². The molecule has 1 fully saturated rings. The average molecular weight is 387 g/mol. The Morgan fingerprint density at radius 1 is 1.11 bits per heavy atom. The number of hydrogen-bond acceptors (Lipinski definition) is 4. The molecule has 0 amide bonds. The first kappa shape index (κ1) is 21.2. The fourth-order valence-electron chi connectivity index (χ4n) is 4.15. The third-order valence-electron chi connectivity index (χ3n) is 5.55. The van der Waals surface area contributed by atoms with Crippen LogP contribution in [0.4, 0.5) is 0 Å². The lowest BCUT2D eigenvalue weighted by Crippen LogP contribution is -2.30. The molecule has 2 heterocycles. The lowest BCUT2D eigenvalue weighted by Gasteiger charge is -2.26. The molecule has 1 aromatic heterocycles. The summed E-state index contributed by atoms with van der Waals surface area (Å²) in [5.41, 5.74) is 3.36. The molecule has 0 unspecified atom stereocenters. The zero-order valence-corrected chi connectivity index (χ0v) is 18.4. The molecular weight excluding hydrogens is 348 g/mol. The Balaban J connectivity index is 1.61. The number of unbranched alkanes of at least 4 members (excludes halogenated alkanes) is 1. The predicted octanol–water partition coefficient (Wildman–Crippen LogP) is 6.01. The summed E-state index contributed by atoms with van der Waals surface area (Å²) in [7, 11) is 0. The fourth-order valence-corrected chi connectivity index (χ4v) is 4.15. The van der Waals surface area contributed by atoms with Gasteiger partial charge in [0.05, 0.1) is 12.3 Å². The summed E-state index contributed by atoms with van der Waals surface area (Å²) >= 11 is 0.